The van der Waals surface area contributed by atoms with Crippen LogP contribution in [-0.4, -0.2) is 40.5 Å². The Labute approximate surface area is 184 Å². The number of aromatic nitrogens is 2. The molecule has 2 aliphatic rings. The van der Waals surface area contributed by atoms with Crippen molar-refractivity contribution in [2.75, 3.05) is 16.8 Å². The van der Waals surface area contributed by atoms with Gasteiger partial charge in [0.25, 0.3) is 5.91 Å². The summed E-state index contributed by atoms with van der Waals surface area (Å²) in [6, 6.07) is 10.6. The van der Waals surface area contributed by atoms with E-state index in [1.54, 1.807) is 28.0 Å². The third-order valence-electron chi connectivity index (χ3n) is 5.83. The van der Waals surface area contributed by atoms with E-state index >= 15 is 0 Å². The van der Waals surface area contributed by atoms with E-state index in [0.29, 0.717) is 39.8 Å². The third-order valence-corrected chi connectivity index (χ3v) is 7.95. The minimum absolute atomic E-state index is 0.0171. The SMILES string of the molecule is Cc1nn([C@@H]2CCS(=O)(=O)C2)c(Cl)c1[C@H]1Nc2ccccc2C(=O)N1Cc1ccco1. The minimum atomic E-state index is -3.09. The number of para-hydroxylation sites is 1. The molecule has 0 spiro atoms. The Balaban J connectivity index is 1.58. The van der Waals surface area contributed by atoms with Crippen molar-refractivity contribution >= 4 is 33.0 Å². The number of fused-ring (bicyclic) bond motifs is 1. The van der Waals surface area contributed by atoms with Crippen LogP contribution in [0.2, 0.25) is 5.15 Å². The molecular weight excluding hydrogens is 440 g/mol. The van der Waals surface area contributed by atoms with Crippen molar-refractivity contribution < 1.29 is 17.6 Å². The van der Waals surface area contributed by atoms with E-state index in [2.05, 4.69) is 10.4 Å². The zero-order valence-corrected chi connectivity index (χ0v) is 18.4. The molecule has 3 aromatic rings. The highest BCUT2D eigenvalue weighted by atomic mass is 35.5. The molecule has 10 heteroatoms. The van der Waals surface area contributed by atoms with Gasteiger partial charge in [0.2, 0.25) is 0 Å². The number of carbonyl (C=O) groups is 1. The first-order valence-corrected chi connectivity index (χ1v) is 12.2. The Morgan fingerprint density at radius 3 is 2.77 bits per heavy atom. The number of sulfone groups is 1. The van der Waals surface area contributed by atoms with Crippen molar-refractivity contribution in [2.24, 2.45) is 0 Å². The molecule has 0 unspecified atom stereocenters. The maximum absolute atomic E-state index is 13.4. The molecule has 0 radical (unpaired) electrons. The van der Waals surface area contributed by atoms with E-state index in [1.165, 1.54) is 0 Å². The van der Waals surface area contributed by atoms with Gasteiger partial charge in [0, 0.05) is 5.69 Å². The summed E-state index contributed by atoms with van der Waals surface area (Å²) >= 11 is 6.76. The molecule has 5 rings (SSSR count). The standard InChI is InChI=1S/C21H21ClN4O4S/c1-13-18(19(22)26(24-13)14-8-10-31(28,29)12-14)20-23-17-7-3-2-6-16(17)21(27)25(20)11-15-5-4-9-30-15/h2-7,9,14,20,23H,8,10-12H2,1H3/t14-,20+/m1/s1. The van der Waals surface area contributed by atoms with Crippen LogP contribution in [0.1, 0.15) is 46.0 Å². The Morgan fingerprint density at radius 2 is 2.06 bits per heavy atom. The zero-order chi connectivity index (χ0) is 21.8. The molecule has 0 bridgehead atoms. The summed E-state index contributed by atoms with van der Waals surface area (Å²) in [7, 11) is -3.09. The van der Waals surface area contributed by atoms with E-state index in [9.17, 15) is 13.2 Å². The predicted molar refractivity (Wildman–Crippen MR) is 116 cm³/mol. The van der Waals surface area contributed by atoms with Crippen molar-refractivity contribution in [3.8, 4) is 0 Å². The first-order valence-electron chi connectivity index (χ1n) is 9.98. The van der Waals surface area contributed by atoms with Gasteiger partial charge in [0.05, 0.1) is 47.2 Å². The van der Waals surface area contributed by atoms with Crippen LogP contribution in [0.25, 0.3) is 0 Å². The molecule has 1 N–H and O–H groups in total. The average molecular weight is 461 g/mol. The van der Waals surface area contributed by atoms with Crippen LogP contribution in [-0.2, 0) is 16.4 Å². The molecule has 1 aromatic carbocycles. The molecule has 2 aliphatic heterocycles. The molecule has 2 aromatic heterocycles. The number of anilines is 1. The van der Waals surface area contributed by atoms with Gasteiger partial charge in [-0.1, -0.05) is 23.7 Å². The fourth-order valence-electron chi connectivity index (χ4n) is 4.31. The van der Waals surface area contributed by atoms with Crippen LogP contribution < -0.4 is 5.32 Å². The van der Waals surface area contributed by atoms with Gasteiger partial charge in [-0.15, -0.1) is 0 Å². The normalized spacial score (nSPS) is 22.4. The number of rotatable bonds is 4. The molecule has 2 atom stereocenters. The van der Waals surface area contributed by atoms with Gasteiger partial charge in [-0.05, 0) is 37.6 Å². The van der Waals surface area contributed by atoms with Gasteiger partial charge in [-0.3, -0.25) is 4.79 Å². The topological polar surface area (TPSA) is 97.4 Å². The highest BCUT2D eigenvalue weighted by Gasteiger charge is 2.39. The largest absolute Gasteiger partial charge is 0.467 e. The summed E-state index contributed by atoms with van der Waals surface area (Å²) in [6.07, 6.45) is 1.46. The number of carbonyl (C=O) groups excluding carboxylic acids is 1. The summed E-state index contributed by atoms with van der Waals surface area (Å²) in [5.74, 6) is 0.633. The van der Waals surface area contributed by atoms with Crippen LogP contribution >= 0.6 is 11.6 Å². The number of furan rings is 1. The molecule has 4 heterocycles. The molecule has 162 valence electrons. The summed E-state index contributed by atoms with van der Waals surface area (Å²) in [5, 5.41) is 8.32. The highest BCUT2D eigenvalue weighted by molar-refractivity contribution is 7.91. The molecule has 1 amide bonds. The Bertz CT molecular complexity index is 1250. The van der Waals surface area contributed by atoms with Crippen LogP contribution in [0, 0.1) is 6.92 Å². The number of nitrogens with zero attached hydrogens (tertiary/aromatic N) is 3. The molecule has 31 heavy (non-hydrogen) atoms. The molecule has 0 saturated carbocycles. The summed E-state index contributed by atoms with van der Waals surface area (Å²) < 4.78 is 31.0. The highest BCUT2D eigenvalue weighted by Crippen LogP contribution is 2.40. The Morgan fingerprint density at radius 1 is 1.26 bits per heavy atom. The van der Waals surface area contributed by atoms with Crippen molar-refractivity contribution in [2.45, 2.75) is 32.1 Å². The number of hydrogen-bond donors (Lipinski definition) is 1. The fourth-order valence-corrected chi connectivity index (χ4v) is 6.42. The van der Waals surface area contributed by atoms with Crippen molar-refractivity contribution in [1.82, 2.24) is 14.7 Å². The van der Waals surface area contributed by atoms with Gasteiger partial charge in [0.15, 0.2) is 9.84 Å². The van der Waals surface area contributed by atoms with Crippen LogP contribution in [0.3, 0.4) is 0 Å². The lowest BCUT2D eigenvalue weighted by Gasteiger charge is -2.37. The number of nitrogens with one attached hydrogen (secondary N) is 1. The summed E-state index contributed by atoms with van der Waals surface area (Å²) in [5.41, 5.74) is 2.57. The van der Waals surface area contributed by atoms with Gasteiger partial charge >= 0.3 is 0 Å². The molecule has 0 aliphatic carbocycles. The lowest BCUT2D eigenvalue weighted by Crippen LogP contribution is -2.42. The molecule has 1 fully saturated rings. The quantitative estimate of drug-likeness (QED) is 0.639. The third kappa shape index (κ3) is 3.51. The second-order valence-electron chi connectivity index (χ2n) is 7.90. The van der Waals surface area contributed by atoms with E-state index in [0.717, 1.165) is 0 Å². The Hall–Kier alpha value is -2.78. The number of aryl methyl sites for hydroxylation is 1. The van der Waals surface area contributed by atoms with Gasteiger partial charge < -0.3 is 14.6 Å². The number of hydrogen-bond acceptors (Lipinski definition) is 6. The van der Waals surface area contributed by atoms with Crippen molar-refractivity contribution in [3.05, 3.63) is 70.4 Å². The minimum Gasteiger partial charge on any atom is -0.467 e. The van der Waals surface area contributed by atoms with Crippen LogP contribution in [0.15, 0.2) is 47.1 Å². The summed E-state index contributed by atoms with van der Waals surface area (Å²) in [4.78, 5) is 15.1. The maximum atomic E-state index is 13.4. The predicted octanol–water partition coefficient (Wildman–Crippen LogP) is 3.56. The number of halogens is 1. The average Bonchev–Trinajstić information content (AvgIpc) is 3.44. The lowest BCUT2D eigenvalue weighted by molar-refractivity contribution is 0.0651. The Kier molecular flexibility index (Phi) is 4.82. The van der Waals surface area contributed by atoms with E-state index in [4.69, 9.17) is 16.0 Å². The fraction of sp³-hybridized carbons (Fsp3) is 0.333. The monoisotopic (exact) mass is 460 g/mol. The second-order valence-corrected chi connectivity index (χ2v) is 10.5. The molecule has 8 nitrogen and oxygen atoms in total. The lowest BCUT2D eigenvalue weighted by atomic mass is 10.0. The molecular formula is C21H21ClN4O4S. The van der Waals surface area contributed by atoms with Crippen LogP contribution in [0.4, 0.5) is 5.69 Å². The first-order chi connectivity index (χ1) is 14.8. The van der Waals surface area contributed by atoms with Gasteiger partial charge in [-0.2, -0.15) is 5.10 Å². The van der Waals surface area contributed by atoms with E-state index in [1.807, 2.05) is 31.2 Å². The number of amides is 1. The van der Waals surface area contributed by atoms with Crippen molar-refractivity contribution in [3.63, 3.8) is 0 Å². The molecule has 1 saturated heterocycles. The smallest absolute Gasteiger partial charge is 0.258 e. The first kappa shape index (κ1) is 20.1. The van der Waals surface area contributed by atoms with Gasteiger partial charge in [0.1, 0.15) is 17.1 Å². The van der Waals surface area contributed by atoms with Crippen LogP contribution in [0.5, 0.6) is 0 Å². The number of benzene rings is 1. The van der Waals surface area contributed by atoms with E-state index < -0.39 is 16.0 Å². The van der Waals surface area contributed by atoms with Crippen molar-refractivity contribution in [1.29, 1.82) is 0 Å². The zero-order valence-electron chi connectivity index (χ0n) is 16.8. The van der Waals surface area contributed by atoms with Gasteiger partial charge in [-0.25, -0.2) is 13.1 Å². The van der Waals surface area contributed by atoms with E-state index in [-0.39, 0.29) is 30.0 Å². The summed E-state index contributed by atoms with van der Waals surface area (Å²) in [6.45, 7) is 2.06. The second kappa shape index (κ2) is 7.42. The maximum Gasteiger partial charge on any atom is 0.258 e.